The van der Waals surface area contributed by atoms with E-state index in [1.54, 1.807) is 25.3 Å². The van der Waals surface area contributed by atoms with Crippen LogP contribution < -0.4 is 10.1 Å². The largest absolute Gasteiger partial charge is 0.500 e. The number of benzene rings is 2. The Bertz CT molecular complexity index is 1610. The van der Waals surface area contributed by atoms with Gasteiger partial charge >= 0.3 is 5.97 Å². The highest BCUT2D eigenvalue weighted by atomic mass is 35.5. The molecule has 0 saturated carbocycles. The number of nitrogens with zero attached hydrogens (tertiary/aromatic N) is 1. The average molecular weight is 575 g/mol. The van der Waals surface area contributed by atoms with Gasteiger partial charge in [-0.05, 0) is 81.2 Å². The number of rotatable bonds is 7. The zero-order valence-corrected chi connectivity index (χ0v) is 24.4. The van der Waals surface area contributed by atoms with Gasteiger partial charge in [0.2, 0.25) is 0 Å². The Hall–Kier alpha value is -4.10. The quantitative estimate of drug-likeness (QED) is 0.227. The van der Waals surface area contributed by atoms with Crippen LogP contribution in [0.2, 0.25) is 5.15 Å². The molecule has 1 N–H and O–H groups in total. The third-order valence-electron chi connectivity index (χ3n) is 7.27. The smallest absolute Gasteiger partial charge is 0.343 e. The molecule has 6 nitrogen and oxygen atoms in total. The van der Waals surface area contributed by atoms with Crippen LogP contribution in [-0.4, -0.2) is 23.6 Å². The van der Waals surface area contributed by atoms with E-state index in [-0.39, 0.29) is 29.0 Å². The van der Waals surface area contributed by atoms with Gasteiger partial charge in [-0.1, -0.05) is 29.8 Å². The van der Waals surface area contributed by atoms with Gasteiger partial charge in [0.15, 0.2) is 0 Å². The molecule has 0 saturated heterocycles. The lowest BCUT2D eigenvalue weighted by Gasteiger charge is -2.34. The van der Waals surface area contributed by atoms with Gasteiger partial charge in [-0.2, -0.15) is 0 Å². The molecular weight excluding hydrogens is 543 g/mol. The molecule has 0 spiro atoms. The van der Waals surface area contributed by atoms with E-state index in [9.17, 15) is 9.18 Å². The molecule has 1 unspecified atom stereocenters. The normalized spacial score (nSPS) is 17.3. The molecule has 0 fully saturated rings. The minimum absolute atomic E-state index is 0.155. The first-order valence-electron chi connectivity index (χ1n) is 13.4. The van der Waals surface area contributed by atoms with Crippen molar-refractivity contribution < 1.29 is 23.4 Å². The van der Waals surface area contributed by atoms with Gasteiger partial charge in [0.1, 0.15) is 34.8 Å². The number of fused-ring (bicyclic) bond motifs is 1. The maximum atomic E-state index is 14.0. The van der Waals surface area contributed by atoms with Gasteiger partial charge in [-0.25, -0.2) is 14.2 Å². The minimum atomic E-state index is -0.534. The fourth-order valence-corrected chi connectivity index (χ4v) is 5.65. The first kappa shape index (κ1) is 28.4. The van der Waals surface area contributed by atoms with Gasteiger partial charge < -0.3 is 19.5 Å². The SMILES string of the molecule is COC1=CC(OC(=O)c2ccnc(Cl)c2)=CCC1c1ccc2c(c1COc1cc(F)ccc1C)C(C)=CC(C)(C)N2. The molecule has 5 rings (SSSR count). The van der Waals surface area contributed by atoms with Crippen molar-refractivity contribution >= 4 is 28.8 Å². The Morgan fingerprint density at radius 3 is 2.73 bits per heavy atom. The van der Waals surface area contributed by atoms with Gasteiger partial charge in [0.05, 0.1) is 18.2 Å². The Labute approximate surface area is 244 Å². The van der Waals surface area contributed by atoms with E-state index in [4.69, 9.17) is 25.8 Å². The number of aromatic nitrogens is 1. The third kappa shape index (κ3) is 6.15. The summed E-state index contributed by atoms with van der Waals surface area (Å²) >= 11 is 5.93. The van der Waals surface area contributed by atoms with Gasteiger partial charge in [-0.3, -0.25) is 0 Å². The number of carbonyl (C=O) groups excluding carboxylic acids is 1. The van der Waals surface area contributed by atoms with Crippen molar-refractivity contribution in [2.24, 2.45) is 0 Å². The van der Waals surface area contributed by atoms with Crippen LogP contribution in [0, 0.1) is 12.7 Å². The highest BCUT2D eigenvalue weighted by molar-refractivity contribution is 6.29. The summed E-state index contributed by atoms with van der Waals surface area (Å²) in [6, 6.07) is 11.7. The third-order valence-corrected chi connectivity index (χ3v) is 7.47. The zero-order valence-electron chi connectivity index (χ0n) is 23.7. The lowest BCUT2D eigenvalue weighted by Crippen LogP contribution is -2.32. The number of carbonyl (C=O) groups is 1. The number of nitrogens with one attached hydrogen (secondary N) is 1. The second-order valence-corrected chi connectivity index (χ2v) is 11.2. The molecule has 2 aromatic carbocycles. The fourth-order valence-electron chi connectivity index (χ4n) is 5.47. The predicted molar refractivity (Wildman–Crippen MR) is 158 cm³/mol. The number of ether oxygens (including phenoxy) is 3. The summed E-state index contributed by atoms with van der Waals surface area (Å²) < 4.78 is 31.8. The minimum Gasteiger partial charge on any atom is -0.500 e. The maximum Gasteiger partial charge on any atom is 0.343 e. The molecule has 1 atom stereocenters. The van der Waals surface area contributed by atoms with Crippen molar-refractivity contribution in [1.29, 1.82) is 0 Å². The van der Waals surface area contributed by atoms with Crippen LogP contribution in [-0.2, 0) is 16.1 Å². The van der Waals surface area contributed by atoms with Crippen LogP contribution in [0.15, 0.2) is 78.4 Å². The number of allylic oxidation sites excluding steroid dienone is 4. The molecule has 0 bridgehead atoms. The first-order valence-corrected chi connectivity index (χ1v) is 13.7. The summed E-state index contributed by atoms with van der Waals surface area (Å²) in [6.45, 7) is 8.47. The Morgan fingerprint density at radius 2 is 1.98 bits per heavy atom. The van der Waals surface area contributed by atoms with Crippen LogP contribution in [0.1, 0.15) is 65.7 Å². The number of anilines is 1. The molecule has 2 aliphatic rings. The number of halogens is 2. The van der Waals surface area contributed by atoms with Crippen molar-refractivity contribution in [2.75, 3.05) is 12.4 Å². The number of methoxy groups -OCH3 is 1. The van der Waals surface area contributed by atoms with Crippen LogP contribution in [0.4, 0.5) is 10.1 Å². The van der Waals surface area contributed by atoms with Gasteiger partial charge in [0.25, 0.3) is 0 Å². The Kier molecular flexibility index (Phi) is 7.91. The lowest BCUT2D eigenvalue weighted by atomic mass is 9.81. The molecule has 1 aromatic heterocycles. The number of hydrogen-bond donors (Lipinski definition) is 1. The van der Waals surface area contributed by atoms with E-state index in [1.165, 1.54) is 24.4 Å². The molecular formula is C33H32ClFN2O4. The second kappa shape index (κ2) is 11.4. The number of hydrogen-bond acceptors (Lipinski definition) is 6. The van der Waals surface area contributed by atoms with E-state index in [0.717, 1.165) is 33.5 Å². The average Bonchev–Trinajstić information content (AvgIpc) is 2.92. The zero-order chi connectivity index (χ0) is 29.3. The number of esters is 1. The van der Waals surface area contributed by atoms with E-state index in [2.05, 4.69) is 49.3 Å². The summed E-state index contributed by atoms with van der Waals surface area (Å²) in [5, 5.41) is 3.82. The lowest BCUT2D eigenvalue weighted by molar-refractivity contribution is 0.0631. The molecule has 212 valence electrons. The first-order chi connectivity index (χ1) is 19.5. The molecule has 3 aromatic rings. The maximum absolute atomic E-state index is 14.0. The van der Waals surface area contributed by atoms with Gasteiger partial charge in [0, 0.05) is 41.1 Å². The number of aryl methyl sites for hydroxylation is 1. The predicted octanol–water partition coefficient (Wildman–Crippen LogP) is 8.13. The van der Waals surface area contributed by atoms with Crippen molar-refractivity contribution in [3.05, 3.63) is 117 Å². The molecule has 1 aliphatic heterocycles. The summed E-state index contributed by atoms with van der Waals surface area (Å²) in [4.78, 5) is 16.6. The van der Waals surface area contributed by atoms with Crippen molar-refractivity contribution in [2.45, 2.75) is 52.2 Å². The Morgan fingerprint density at radius 1 is 1.17 bits per heavy atom. The van der Waals surface area contributed by atoms with Gasteiger partial charge in [-0.15, -0.1) is 0 Å². The highest BCUT2D eigenvalue weighted by Crippen LogP contribution is 2.43. The molecule has 41 heavy (non-hydrogen) atoms. The molecule has 8 heteroatoms. The summed E-state index contributed by atoms with van der Waals surface area (Å²) in [5.41, 5.74) is 6.14. The number of pyridine rings is 1. The summed E-state index contributed by atoms with van der Waals surface area (Å²) in [6.07, 6.45) is 7.80. The van der Waals surface area contributed by atoms with Crippen molar-refractivity contribution in [3.8, 4) is 5.75 Å². The van der Waals surface area contributed by atoms with E-state index >= 15 is 0 Å². The van der Waals surface area contributed by atoms with E-state index in [0.29, 0.717) is 29.3 Å². The van der Waals surface area contributed by atoms with Crippen LogP contribution in [0.3, 0.4) is 0 Å². The fraction of sp³-hybridized carbons (Fsp3) is 0.273. The molecule has 1 aliphatic carbocycles. The topological polar surface area (TPSA) is 69.7 Å². The highest BCUT2D eigenvalue weighted by Gasteiger charge is 2.31. The summed E-state index contributed by atoms with van der Waals surface area (Å²) in [5.74, 6) is 0.499. The monoisotopic (exact) mass is 574 g/mol. The van der Waals surface area contributed by atoms with Crippen LogP contribution in [0.25, 0.3) is 5.57 Å². The van der Waals surface area contributed by atoms with E-state index < -0.39 is 5.97 Å². The molecule has 0 radical (unpaired) electrons. The molecule has 2 heterocycles. The second-order valence-electron chi connectivity index (χ2n) is 10.8. The van der Waals surface area contributed by atoms with E-state index in [1.807, 2.05) is 13.0 Å². The van der Waals surface area contributed by atoms with Crippen molar-refractivity contribution in [3.63, 3.8) is 0 Å². The van der Waals surface area contributed by atoms with Crippen LogP contribution in [0.5, 0.6) is 5.75 Å². The van der Waals surface area contributed by atoms with Crippen molar-refractivity contribution in [1.82, 2.24) is 4.98 Å². The Balaban J connectivity index is 1.49. The van der Waals surface area contributed by atoms with Crippen LogP contribution >= 0.6 is 11.6 Å². The standard InChI is InChI=1S/C33H32ClFN2O4/c1-19-6-7-22(35)15-28(19)40-18-26-24(10-11-27-31(26)20(2)17-33(3,4)37-27)25-9-8-23(16-29(25)39-5)41-32(38)21-12-13-36-30(34)14-21/h6-8,10-17,25,37H,9,18H2,1-5H3. The summed E-state index contributed by atoms with van der Waals surface area (Å²) in [7, 11) is 1.60. The molecule has 0 amide bonds.